The Morgan fingerprint density at radius 2 is 1.83 bits per heavy atom. The van der Waals surface area contributed by atoms with Gasteiger partial charge in [0, 0.05) is 24.5 Å². The number of carbonyl (C=O) groups is 1. The third-order valence-electron chi connectivity index (χ3n) is 3.88. The van der Waals surface area contributed by atoms with E-state index in [4.69, 9.17) is 17.0 Å². The molecule has 4 nitrogen and oxygen atoms in total. The lowest BCUT2D eigenvalue weighted by atomic mass is 10.1. The summed E-state index contributed by atoms with van der Waals surface area (Å²) in [4.78, 5) is 15.8. The van der Waals surface area contributed by atoms with Crippen molar-refractivity contribution in [2.75, 3.05) is 18.0 Å². The first-order valence-electron chi connectivity index (χ1n) is 7.66. The van der Waals surface area contributed by atoms with Crippen LogP contribution in [0.15, 0.2) is 53.9 Å². The van der Waals surface area contributed by atoms with Crippen LogP contribution in [0.4, 0.5) is 5.69 Å². The predicted octanol–water partition coefficient (Wildman–Crippen LogP) is 3.47. The minimum Gasteiger partial charge on any atom is -0.426 e. The predicted molar refractivity (Wildman–Crippen MR) is 95.7 cm³/mol. The van der Waals surface area contributed by atoms with Gasteiger partial charge in [-0.3, -0.25) is 9.69 Å². The molecule has 2 aliphatic rings. The number of likely N-dealkylation sites (N-methyl/N-ethyl adjacent to an activating group) is 2. The molecule has 1 fully saturated rings. The van der Waals surface area contributed by atoms with Crippen LogP contribution in [0.1, 0.15) is 19.4 Å². The molecular weight excluding hydrogens is 308 g/mol. The van der Waals surface area contributed by atoms with E-state index < -0.39 is 0 Å². The standard InChI is InChI=1S/C18H18N2O2S/c1-3-19-14(10-9-13-7-5-6-8-15(13)19)11-12-16-17(21)20(4-2)18(23)22-16/h5-12H,3-4H2,1-2H3. The third kappa shape index (κ3) is 2.80. The highest BCUT2D eigenvalue weighted by Crippen LogP contribution is 2.30. The Hall–Kier alpha value is -2.40. The second-order valence-corrected chi connectivity index (χ2v) is 5.53. The van der Waals surface area contributed by atoms with Crippen molar-refractivity contribution in [1.82, 2.24) is 4.90 Å². The zero-order valence-corrected chi connectivity index (χ0v) is 14.0. The van der Waals surface area contributed by atoms with Gasteiger partial charge in [0.15, 0.2) is 5.76 Å². The van der Waals surface area contributed by atoms with Gasteiger partial charge in [0.2, 0.25) is 0 Å². The summed E-state index contributed by atoms with van der Waals surface area (Å²) >= 11 is 5.06. The lowest BCUT2D eigenvalue weighted by Crippen LogP contribution is -2.27. The number of hydrogen-bond donors (Lipinski definition) is 0. The van der Waals surface area contributed by atoms with E-state index in [1.165, 1.54) is 10.5 Å². The smallest absolute Gasteiger partial charge is 0.297 e. The lowest BCUT2D eigenvalue weighted by molar-refractivity contribution is -0.122. The van der Waals surface area contributed by atoms with Crippen LogP contribution in [0.5, 0.6) is 0 Å². The molecule has 2 aliphatic heterocycles. The van der Waals surface area contributed by atoms with Crippen molar-refractivity contribution in [2.45, 2.75) is 13.8 Å². The molecule has 0 radical (unpaired) electrons. The Morgan fingerprint density at radius 3 is 2.52 bits per heavy atom. The van der Waals surface area contributed by atoms with Crippen LogP contribution >= 0.6 is 12.2 Å². The Kier molecular flexibility index (Phi) is 4.30. The molecule has 118 valence electrons. The van der Waals surface area contributed by atoms with Crippen LogP contribution in [-0.2, 0) is 9.53 Å². The van der Waals surface area contributed by atoms with Gasteiger partial charge >= 0.3 is 0 Å². The minimum atomic E-state index is -0.183. The van der Waals surface area contributed by atoms with Crippen LogP contribution in [0, 0.1) is 0 Å². The van der Waals surface area contributed by atoms with Gasteiger partial charge < -0.3 is 9.64 Å². The normalized spacial score (nSPS) is 20.4. The lowest BCUT2D eigenvalue weighted by Gasteiger charge is -2.29. The van der Waals surface area contributed by atoms with Crippen molar-refractivity contribution in [3.63, 3.8) is 0 Å². The summed E-state index contributed by atoms with van der Waals surface area (Å²) in [6, 6.07) is 8.23. The third-order valence-corrected chi connectivity index (χ3v) is 4.19. The molecule has 1 aromatic rings. The molecule has 3 rings (SSSR count). The molecule has 0 spiro atoms. The van der Waals surface area contributed by atoms with Crippen LogP contribution in [0.3, 0.4) is 0 Å². The fraction of sp³-hybridized carbons (Fsp3) is 0.222. The molecule has 1 saturated heterocycles. The number of benzene rings is 1. The molecule has 1 amide bonds. The van der Waals surface area contributed by atoms with Gasteiger partial charge in [0.1, 0.15) is 0 Å². The Morgan fingerprint density at radius 1 is 1.09 bits per heavy atom. The fourth-order valence-electron chi connectivity index (χ4n) is 2.72. The van der Waals surface area contributed by atoms with Crippen LogP contribution < -0.4 is 4.90 Å². The quantitative estimate of drug-likeness (QED) is 0.629. The summed E-state index contributed by atoms with van der Waals surface area (Å²) in [5, 5.41) is 0.221. The second-order valence-electron chi connectivity index (χ2n) is 5.18. The number of fused-ring (bicyclic) bond motifs is 1. The van der Waals surface area contributed by atoms with Gasteiger partial charge in [-0.15, -0.1) is 0 Å². The Labute approximate surface area is 141 Å². The van der Waals surface area contributed by atoms with Gasteiger partial charge in [-0.05, 0) is 55.9 Å². The first kappa shape index (κ1) is 15.5. The second kappa shape index (κ2) is 6.38. The number of amides is 1. The zero-order chi connectivity index (χ0) is 16.4. The molecule has 0 saturated carbocycles. The van der Waals surface area contributed by atoms with Gasteiger partial charge in [0.05, 0.1) is 0 Å². The molecule has 2 heterocycles. The fourth-order valence-corrected chi connectivity index (χ4v) is 3.03. The largest absolute Gasteiger partial charge is 0.426 e. The molecule has 0 N–H and O–H groups in total. The Balaban J connectivity index is 1.91. The molecule has 23 heavy (non-hydrogen) atoms. The van der Waals surface area contributed by atoms with Crippen molar-refractivity contribution in [3.05, 3.63) is 59.5 Å². The maximum atomic E-state index is 12.2. The first-order valence-corrected chi connectivity index (χ1v) is 8.06. The van der Waals surface area contributed by atoms with E-state index in [2.05, 4.69) is 30.0 Å². The highest BCUT2D eigenvalue weighted by atomic mass is 32.1. The number of hydrogen-bond acceptors (Lipinski definition) is 4. The maximum absolute atomic E-state index is 12.2. The topological polar surface area (TPSA) is 32.8 Å². The minimum absolute atomic E-state index is 0.183. The average Bonchev–Trinajstić information content (AvgIpc) is 2.85. The van der Waals surface area contributed by atoms with E-state index in [0.29, 0.717) is 6.54 Å². The van der Waals surface area contributed by atoms with E-state index in [9.17, 15) is 4.79 Å². The van der Waals surface area contributed by atoms with Gasteiger partial charge in [-0.1, -0.05) is 24.3 Å². The number of anilines is 1. The summed E-state index contributed by atoms with van der Waals surface area (Å²) in [5.41, 5.74) is 3.35. The summed E-state index contributed by atoms with van der Waals surface area (Å²) in [7, 11) is 0. The average molecular weight is 326 g/mol. The van der Waals surface area contributed by atoms with Crippen molar-refractivity contribution in [1.29, 1.82) is 0 Å². The maximum Gasteiger partial charge on any atom is 0.297 e. The van der Waals surface area contributed by atoms with Gasteiger partial charge in [-0.2, -0.15) is 0 Å². The number of carbonyl (C=O) groups excluding carboxylic acids is 1. The van der Waals surface area contributed by atoms with Crippen molar-refractivity contribution < 1.29 is 9.53 Å². The Bertz CT molecular complexity index is 749. The van der Waals surface area contributed by atoms with E-state index >= 15 is 0 Å². The molecule has 5 heteroatoms. The SMILES string of the molecule is CCN1C(=O)C(=CC=C2C=Cc3ccccc3N2CC)OC1=S. The van der Waals surface area contributed by atoms with E-state index in [-0.39, 0.29) is 16.8 Å². The van der Waals surface area contributed by atoms with E-state index in [1.54, 1.807) is 6.08 Å². The van der Waals surface area contributed by atoms with Crippen molar-refractivity contribution >= 4 is 35.1 Å². The van der Waals surface area contributed by atoms with E-state index in [1.807, 2.05) is 31.2 Å². The van der Waals surface area contributed by atoms with Crippen LogP contribution in [0.25, 0.3) is 6.08 Å². The zero-order valence-electron chi connectivity index (χ0n) is 13.2. The van der Waals surface area contributed by atoms with Crippen molar-refractivity contribution in [2.24, 2.45) is 0 Å². The molecule has 0 aromatic heterocycles. The number of rotatable bonds is 3. The summed E-state index contributed by atoms with van der Waals surface area (Å²) in [5.74, 6) is 0.0882. The number of allylic oxidation sites excluding steroid dienone is 3. The van der Waals surface area contributed by atoms with Crippen LogP contribution in [0.2, 0.25) is 0 Å². The molecule has 0 unspecified atom stereocenters. The molecule has 0 atom stereocenters. The number of ether oxygens (including phenoxy) is 1. The number of para-hydroxylation sites is 1. The van der Waals surface area contributed by atoms with Gasteiger partial charge in [0.25, 0.3) is 11.1 Å². The van der Waals surface area contributed by atoms with Gasteiger partial charge in [-0.25, -0.2) is 0 Å². The van der Waals surface area contributed by atoms with E-state index in [0.717, 1.165) is 17.9 Å². The number of nitrogens with zero attached hydrogens (tertiary/aromatic N) is 2. The number of thiocarbonyl (C=S) groups is 1. The van der Waals surface area contributed by atoms with Crippen molar-refractivity contribution in [3.8, 4) is 0 Å². The molecule has 0 aliphatic carbocycles. The van der Waals surface area contributed by atoms with Crippen LogP contribution in [-0.4, -0.2) is 29.1 Å². The highest BCUT2D eigenvalue weighted by Gasteiger charge is 2.31. The summed E-state index contributed by atoms with van der Waals surface area (Å²) in [6.07, 6.45) is 7.70. The summed E-state index contributed by atoms with van der Waals surface area (Å²) < 4.78 is 5.39. The molecule has 0 bridgehead atoms. The molecule has 1 aromatic carbocycles. The monoisotopic (exact) mass is 326 g/mol. The molecular formula is C18H18N2O2S. The first-order chi connectivity index (χ1) is 11.2. The highest BCUT2D eigenvalue weighted by molar-refractivity contribution is 7.80. The summed E-state index contributed by atoms with van der Waals surface area (Å²) in [6.45, 7) is 5.32.